The van der Waals surface area contributed by atoms with Crippen LogP contribution in [0.5, 0.6) is 0 Å². The second-order valence-corrected chi connectivity index (χ2v) is 8.80. The van der Waals surface area contributed by atoms with Gasteiger partial charge in [0.25, 0.3) is 5.82 Å². The Labute approximate surface area is 177 Å². The summed E-state index contributed by atoms with van der Waals surface area (Å²) in [5, 5.41) is 0. The summed E-state index contributed by atoms with van der Waals surface area (Å²) in [5.74, 6) is 1.57. The molecule has 2 nitrogen and oxygen atoms in total. The molecule has 1 rings (SSSR count). The molecule has 0 aliphatic rings. The molecular formula is C26H51N2+. The van der Waals surface area contributed by atoms with E-state index in [1.807, 2.05) is 0 Å². The van der Waals surface area contributed by atoms with Gasteiger partial charge in [0.2, 0.25) is 0 Å². The zero-order chi connectivity index (χ0) is 20.3. The van der Waals surface area contributed by atoms with Crippen LogP contribution < -0.4 is 4.57 Å². The lowest BCUT2D eigenvalue weighted by Crippen LogP contribution is -2.37. The first-order valence-electron chi connectivity index (χ1n) is 12.9. The predicted octanol–water partition coefficient (Wildman–Crippen LogP) is 8.01. The van der Waals surface area contributed by atoms with Gasteiger partial charge in [-0.05, 0) is 25.7 Å². The highest BCUT2D eigenvalue weighted by Crippen LogP contribution is 2.13. The third kappa shape index (κ3) is 11.9. The molecule has 0 aliphatic carbocycles. The lowest BCUT2D eigenvalue weighted by atomic mass is 10.0. The van der Waals surface area contributed by atoms with Crippen LogP contribution in [0.1, 0.15) is 136 Å². The Morgan fingerprint density at radius 1 is 0.607 bits per heavy atom. The van der Waals surface area contributed by atoms with E-state index in [9.17, 15) is 0 Å². The van der Waals surface area contributed by atoms with Crippen LogP contribution in [0, 0.1) is 0 Å². The van der Waals surface area contributed by atoms with Crippen LogP contribution in [-0.4, -0.2) is 4.57 Å². The number of rotatable bonds is 20. The van der Waals surface area contributed by atoms with E-state index in [2.05, 4.69) is 42.3 Å². The molecule has 28 heavy (non-hydrogen) atoms. The largest absolute Gasteiger partial charge is 0.256 e. The Balaban J connectivity index is 2.09. The second-order valence-electron chi connectivity index (χ2n) is 8.80. The molecule has 0 saturated carbocycles. The predicted molar refractivity (Wildman–Crippen MR) is 124 cm³/mol. The fourth-order valence-corrected chi connectivity index (χ4v) is 4.27. The Kier molecular flexibility index (Phi) is 16.5. The molecule has 0 radical (unpaired) electrons. The van der Waals surface area contributed by atoms with Crippen molar-refractivity contribution in [2.45, 2.75) is 149 Å². The van der Waals surface area contributed by atoms with Crippen LogP contribution in [-0.2, 0) is 19.5 Å². The molecule has 0 saturated heterocycles. The van der Waals surface area contributed by atoms with Gasteiger partial charge in [0, 0.05) is 6.42 Å². The third-order valence-corrected chi connectivity index (χ3v) is 6.06. The summed E-state index contributed by atoms with van der Waals surface area (Å²) in [6.07, 6.45) is 29.8. The molecule has 0 bridgehead atoms. The van der Waals surface area contributed by atoms with Gasteiger partial charge in [0.15, 0.2) is 0 Å². The van der Waals surface area contributed by atoms with Gasteiger partial charge < -0.3 is 0 Å². The quantitative estimate of drug-likeness (QED) is 0.157. The van der Waals surface area contributed by atoms with Crippen molar-refractivity contribution in [3.63, 3.8) is 0 Å². The van der Waals surface area contributed by atoms with Crippen molar-refractivity contribution in [1.29, 1.82) is 0 Å². The molecule has 0 amide bonds. The van der Waals surface area contributed by atoms with E-state index < -0.39 is 0 Å². The highest BCUT2D eigenvalue weighted by Gasteiger charge is 2.15. The summed E-state index contributed by atoms with van der Waals surface area (Å²) in [6.45, 7) is 9.26. The monoisotopic (exact) mass is 391 g/mol. The van der Waals surface area contributed by atoms with E-state index in [1.54, 1.807) is 5.82 Å². The van der Waals surface area contributed by atoms with Crippen molar-refractivity contribution in [2.24, 2.45) is 0 Å². The van der Waals surface area contributed by atoms with E-state index in [0.29, 0.717) is 0 Å². The topological polar surface area (TPSA) is 8.81 Å². The van der Waals surface area contributed by atoms with Gasteiger partial charge in [0.05, 0.1) is 13.1 Å². The van der Waals surface area contributed by atoms with E-state index >= 15 is 0 Å². The van der Waals surface area contributed by atoms with Crippen LogP contribution in [0.25, 0.3) is 0 Å². The first-order chi connectivity index (χ1) is 13.8. The zero-order valence-corrected chi connectivity index (χ0v) is 19.7. The Morgan fingerprint density at radius 2 is 1.11 bits per heavy atom. The third-order valence-electron chi connectivity index (χ3n) is 6.06. The molecule has 2 heteroatoms. The van der Waals surface area contributed by atoms with Gasteiger partial charge in [-0.1, -0.05) is 104 Å². The number of aromatic nitrogens is 2. The minimum absolute atomic E-state index is 1.18. The molecule has 0 atom stereocenters. The standard InChI is InChI=1S/C26H51N2/c1-4-7-9-10-11-12-13-14-15-16-17-18-19-21-26-27(22-6-3)24-25-28(26)23-20-8-5-2/h24-25H,4-23H2,1-3H3/q+1. The SMILES string of the molecule is CCCCCCCCCCCCCCCc1n(CCCCC)cc[n+]1CCC. The maximum Gasteiger partial charge on any atom is 0.256 e. The number of hydrogen-bond donors (Lipinski definition) is 0. The number of hydrogen-bond acceptors (Lipinski definition) is 0. The molecule has 0 fully saturated rings. The van der Waals surface area contributed by atoms with Crippen LogP contribution >= 0.6 is 0 Å². The fraction of sp³-hybridized carbons (Fsp3) is 0.885. The van der Waals surface area contributed by atoms with Crippen molar-refractivity contribution >= 4 is 0 Å². The molecule has 0 unspecified atom stereocenters. The highest BCUT2D eigenvalue weighted by atomic mass is 15.1. The highest BCUT2D eigenvalue weighted by molar-refractivity contribution is 4.84. The van der Waals surface area contributed by atoms with Crippen LogP contribution in [0.2, 0.25) is 0 Å². The van der Waals surface area contributed by atoms with Crippen molar-refractivity contribution in [1.82, 2.24) is 4.57 Å². The summed E-state index contributed by atoms with van der Waals surface area (Å²) >= 11 is 0. The molecule has 1 heterocycles. The van der Waals surface area contributed by atoms with Crippen LogP contribution in [0.3, 0.4) is 0 Å². The van der Waals surface area contributed by atoms with Gasteiger partial charge in [-0.3, -0.25) is 0 Å². The maximum atomic E-state index is 2.53. The number of imidazole rings is 1. The first kappa shape index (κ1) is 25.2. The zero-order valence-electron chi connectivity index (χ0n) is 19.7. The van der Waals surface area contributed by atoms with Crippen molar-refractivity contribution < 1.29 is 4.57 Å². The summed E-state index contributed by atoms with van der Waals surface area (Å²) in [4.78, 5) is 0. The van der Waals surface area contributed by atoms with E-state index in [0.717, 1.165) is 0 Å². The molecular weight excluding hydrogens is 340 g/mol. The average molecular weight is 392 g/mol. The minimum Gasteiger partial charge on any atom is -0.234 e. The number of nitrogens with zero attached hydrogens (tertiary/aromatic N) is 2. The molecule has 0 N–H and O–H groups in total. The maximum absolute atomic E-state index is 2.53. The number of aryl methyl sites for hydroxylation is 2. The number of unbranched alkanes of at least 4 members (excludes halogenated alkanes) is 14. The molecule has 1 aromatic rings. The van der Waals surface area contributed by atoms with Gasteiger partial charge in [-0.15, -0.1) is 0 Å². The summed E-state index contributed by atoms with van der Waals surface area (Å²) < 4.78 is 5.04. The van der Waals surface area contributed by atoms with E-state index in [4.69, 9.17) is 0 Å². The van der Waals surface area contributed by atoms with Gasteiger partial charge >= 0.3 is 0 Å². The Bertz CT molecular complexity index is 449. The van der Waals surface area contributed by atoms with E-state index in [1.165, 1.54) is 129 Å². The molecule has 1 aromatic heterocycles. The molecule has 164 valence electrons. The smallest absolute Gasteiger partial charge is 0.234 e. The lowest BCUT2D eigenvalue weighted by molar-refractivity contribution is -0.703. The fourth-order valence-electron chi connectivity index (χ4n) is 4.27. The van der Waals surface area contributed by atoms with E-state index in [-0.39, 0.29) is 0 Å². The summed E-state index contributed by atoms with van der Waals surface area (Å²) in [6, 6.07) is 0. The lowest BCUT2D eigenvalue weighted by Gasteiger charge is -2.06. The Hall–Kier alpha value is -0.790. The minimum atomic E-state index is 1.18. The molecule has 0 aliphatic heterocycles. The van der Waals surface area contributed by atoms with Crippen LogP contribution in [0.4, 0.5) is 0 Å². The molecule has 0 spiro atoms. The van der Waals surface area contributed by atoms with Crippen molar-refractivity contribution in [3.8, 4) is 0 Å². The van der Waals surface area contributed by atoms with Crippen molar-refractivity contribution in [2.75, 3.05) is 0 Å². The van der Waals surface area contributed by atoms with Crippen LogP contribution in [0.15, 0.2) is 12.4 Å². The second kappa shape index (κ2) is 18.3. The normalized spacial score (nSPS) is 11.4. The van der Waals surface area contributed by atoms with Gasteiger partial charge in [-0.2, -0.15) is 0 Å². The summed E-state index contributed by atoms with van der Waals surface area (Å²) in [7, 11) is 0. The Morgan fingerprint density at radius 3 is 1.64 bits per heavy atom. The van der Waals surface area contributed by atoms with Gasteiger partial charge in [-0.25, -0.2) is 9.13 Å². The van der Waals surface area contributed by atoms with Crippen molar-refractivity contribution in [3.05, 3.63) is 18.2 Å². The molecule has 0 aromatic carbocycles. The van der Waals surface area contributed by atoms with Gasteiger partial charge in [0.1, 0.15) is 12.4 Å². The first-order valence-corrected chi connectivity index (χ1v) is 12.9. The summed E-state index contributed by atoms with van der Waals surface area (Å²) in [5.41, 5.74) is 0. The average Bonchev–Trinajstić information content (AvgIpc) is 3.07.